The van der Waals surface area contributed by atoms with Crippen molar-refractivity contribution in [1.82, 2.24) is 0 Å². The summed E-state index contributed by atoms with van der Waals surface area (Å²) in [7, 11) is 0. The lowest BCUT2D eigenvalue weighted by Gasteiger charge is -2.40. The monoisotopic (exact) mass is 506 g/mol. The molecule has 0 spiro atoms. The fraction of sp³-hybridized carbons (Fsp3) is 0.750. The summed E-state index contributed by atoms with van der Waals surface area (Å²) in [6.45, 7) is 2.70. The molecule has 0 atom stereocenters. The van der Waals surface area contributed by atoms with Gasteiger partial charge in [-0.15, -0.1) is 0 Å². The fourth-order valence-corrected chi connectivity index (χ4v) is 4.34. The van der Waals surface area contributed by atoms with E-state index in [-0.39, 0.29) is 18.8 Å². The third kappa shape index (κ3) is 6.33. The van der Waals surface area contributed by atoms with E-state index < -0.39 is 42.7 Å². The third-order valence-corrected chi connectivity index (χ3v) is 6.53. The van der Waals surface area contributed by atoms with Crippen molar-refractivity contribution in [2.75, 3.05) is 6.61 Å². The van der Waals surface area contributed by atoms with Crippen molar-refractivity contribution in [1.29, 1.82) is 0 Å². The number of unbranched alkanes of at least 4 members (excludes halogenated alkanes) is 5. The Morgan fingerprint density at radius 3 is 1.76 bits per heavy atom. The minimum atomic E-state index is -6.83. The number of hydrogen-bond donors (Lipinski definition) is 0. The Kier molecular flexibility index (Phi) is 9.61. The van der Waals surface area contributed by atoms with Gasteiger partial charge in [0, 0.05) is 5.92 Å². The van der Waals surface area contributed by atoms with Crippen LogP contribution in [0, 0.1) is 5.92 Å². The number of alkyl halides is 9. The Balaban J connectivity index is 1.88. The van der Waals surface area contributed by atoms with Crippen LogP contribution in [0.5, 0.6) is 5.75 Å². The molecule has 1 nitrogen and oxygen atoms in total. The van der Waals surface area contributed by atoms with Crippen molar-refractivity contribution in [3.05, 3.63) is 29.8 Å². The van der Waals surface area contributed by atoms with Gasteiger partial charge >= 0.3 is 23.9 Å². The highest BCUT2D eigenvalue weighted by Gasteiger charge is 2.82. The van der Waals surface area contributed by atoms with Crippen LogP contribution in [0.25, 0.3) is 0 Å². The number of benzene rings is 1. The predicted molar refractivity (Wildman–Crippen MR) is 111 cm³/mol. The second-order valence-corrected chi connectivity index (χ2v) is 9.00. The molecular weight excluding hydrogens is 475 g/mol. The van der Waals surface area contributed by atoms with Gasteiger partial charge < -0.3 is 4.74 Å². The van der Waals surface area contributed by atoms with Gasteiger partial charge in [-0.2, -0.15) is 39.5 Å². The van der Waals surface area contributed by atoms with Crippen LogP contribution in [0.15, 0.2) is 24.3 Å². The second kappa shape index (κ2) is 11.4. The van der Waals surface area contributed by atoms with E-state index in [0.29, 0.717) is 12.4 Å². The van der Waals surface area contributed by atoms with Crippen molar-refractivity contribution < 1.29 is 44.3 Å². The van der Waals surface area contributed by atoms with Crippen molar-refractivity contribution in [3.63, 3.8) is 0 Å². The summed E-state index contributed by atoms with van der Waals surface area (Å²) in [6.07, 6.45) is -1.28. The highest BCUT2D eigenvalue weighted by molar-refractivity contribution is 5.29. The summed E-state index contributed by atoms with van der Waals surface area (Å²) in [5.41, 5.74) is 0.751. The van der Waals surface area contributed by atoms with Gasteiger partial charge in [0.05, 0.1) is 6.61 Å². The van der Waals surface area contributed by atoms with Gasteiger partial charge in [0.15, 0.2) is 0 Å². The van der Waals surface area contributed by atoms with Gasteiger partial charge in [0.25, 0.3) is 0 Å². The van der Waals surface area contributed by atoms with Crippen LogP contribution in [0.4, 0.5) is 39.5 Å². The first-order valence-corrected chi connectivity index (χ1v) is 11.7. The van der Waals surface area contributed by atoms with Crippen molar-refractivity contribution >= 4 is 0 Å². The molecule has 10 heteroatoms. The van der Waals surface area contributed by atoms with Crippen LogP contribution in [0.2, 0.25) is 0 Å². The number of hydrogen-bond acceptors (Lipinski definition) is 1. The molecule has 0 heterocycles. The van der Waals surface area contributed by atoms with Crippen molar-refractivity contribution in [2.24, 2.45) is 5.92 Å². The molecule has 1 aromatic rings. The summed E-state index contributed by atoms with van der Waals surface area (Å²) in [6, 6.07) is 6.88. The minimum absolute atomic E-state index is 0.0219. The molecule has 1 aliphatic rings. The van der Waals surface area contributed by atoms with E-state index >= 15 is 0 Å². The van der Waals surface area contributed by atoms with E-state index in [1.165, 1.54) is 19.3 Å². The largest absolute Gasteiger partial charge is 0.494 e. The normalized spacial score (nSPS) is 20.4. The van der Waals surface area contributed by atoms with Crippen LogP contribution in [-0.2, 0) is 0 Å². The second-order valence-electron chi connectivity index (χ2n) is 9.00. The first kappa shape index (κ1) is 28.6. The van der Waals surface area contributed by atoms with E-state index in [1.807, 2.05) is 0 Å². The molecule has 1 fully saturated rings. The van der Waals surface area contributed by atoms with Gasteiger partial charge in [0.2, 0.25) is 0 Å². The van der Waals surface area contributed by atoms with E-state index in [0.717, 1.165) is 24.8 Å². The molecule has 0 saturated heterocycles. The number of ether oxygens (including phenoxy) is 1. The summed E-state index contributed by atoms with van der Waals surface area (Å²) >= 11 is 0. The molecule has 196 valence electrons. The molecule has 0 amide bonds. The summed E-state index contributed by atoms with van der Waals surface area (Å²) in [5.74, 6) is -20.8. The van der Waals surface area contributed by atoms with Crippen LogP contribution >= 0.6 is 0 Å². The molecule has 34 heavy (non-hydrogen) atoms. The molecule has 1 aromatic carbocycles. The molecule has 1 aliphatic carbocycles. The van der Waals surface area contributed by atoms with Gasteiger partial charge in [0.1, 0.15) is 5.75 Å². The molecule has 2 rings (SSSR count). The Bertz CT molecular complexity index is 736. The lowest BCUT2D eigenvalue weighted by molar-refractivity contribution is -0.404. The molecular formula is C24H31F9O. The minimum Gasteiger partial charge on any atom is -0.494 e. The molecule has 0 unspecified atom stereocenters. The quantitative estimate of drug-likeness (QED) is 0.203. The lowest BCUT2D eigenvalue weighted by atomic mass is 9.74. The first-order chi connectivity index (χ1) is 15.8. The van der Waals surface area contributed by atoms with Crippen LogP contribution in [-0.4, -0.2) is 30.6 Å². The summed E-state index contributed by atoms with van der Waals surface area (Å²) in [4.78, 5) is 0. The summed E-state index contributed by atoms with van der Waals surface area (Å²) in [5, 5.41) is 0. The maximum Gasteiger partial charge on any atom is 0.460 e. The lowest BCUT2D eigenvalue weighted by Crippen LogP contribution is -2.63. The zero-order chi connectivity index (χ0) is 25.6. The fourth-order valence-electron chi connectivity index (χ4n) is 4.34. The average molecular weight is 506 g/mol. The van der Waals surface area contributed by atoms with E-state index in [2.05, 4.69) is 6.92 Å². The molecule has 0 aromatic heterocycles. The molecule has 0 bridgehead atoms. The average Bonchev–Trinajstić information content (AvgIpc) is 2.78. The number of halogens is 9. The zero-order valence-electron chi connectivity index (χ0n) is 19.1. The van der Waals surface area contributed by atoms with Gasteiger partial charge in [-0.3, -0.25) is 0 Å². The van der Waals surface area contributed by atoms with E-state index in [4.69, 9.17) is 4.74 Å². The Morgan fingerprint density at radius 2 is 1.24 bits per heavy atom. The molecule has 0 radical (unpaired) electrons. The van der Waals surface area contributed by atoms with Gasteiger partial charge in [-0.05, 0) is 55.7 Å². The van der Waals surface area contributed by atoms with Crippen LogP contribution < -0.4 is 4.74 Å². The predicted octanol–water partition coefficient (Wildman–Crippen LogP) is 9.17. The topological polar surface area (TPSA) is 9.23 Å². The zero-order valence-corrected chi connectivity index (χ0v) is 19.1. The Labute approximate surface area is 194 Å². The van der Waals surface area contributed by atoms with Crippen molar-refractivity contribution in [3.8, 4) is 5.75 Å². The van der Waals surface area contributed by atoms with Crippen LogP contribution in [0.1, 0.15) is 82.6 Å². The van der Waals surface area contributed by atoms with E-state index in [9.17, 15) is 39.5 Å². The first-order valence-electron chi connectivity index (χ1n) is 11.7. The maximum absolute atomic E-state index is 14.2. The maximum atomic E-state index is 14.2. The Hall–Kier alpha value is -1.61. The van der Waals surface area contributed by atoms with Gasteiger partial charge in [-0.25, -0.2) is 0 Å². The SMILES string of the molecule is CCCCCCCCOc1ccc(C2CCC(C(F)(F)C(F)(F)C(F)(F)C(F)(F)F)CC2)cc1. The smallest absolute Gasteiger partial charge is 0.460 e. The van der Waals surface area contributed by atoms with Crippen molar-refractivity contribution in [2.45, 2.75) is 101 Å². The Morgan fingerprint density at radius 1 is 0.706 bits per heavy atom. The summed E-state index contributed by atoms with van der Waals surface area (Å²) < 4.78 is 125. The van der Waals surface area contributed by atoms with Crippen LogP contribution in [0.3, 0.4) is 0 Å². The molecule has 1 saturated carbocycles. The third-order valence-electron chi connectivity index (χ3n) is 6.53. The number of rotatable bonds is 12. The molecule has 0 N–H and O–H groups in total. The highest BCUT2D eigenvalue weighted by atomic mass is 19.4. The van der Waals surface area contributed by atoms with Gasteiger partial charge in [-0.1, -0.05) is 51.2 Å². The standard InChI is InChI=1S/C24H31F9O/c1-2-3-4-5-6-7-16-34-20-14-10-18(11-15-20)17-8-12-19(13-9-17)21(25,26)22(27,28)23(29,30)24(31,32)33/h10-11,14-15,17,19H,2-9,12-13,16H2,1H3. The molecule has 0 aliphatic heterocycles. The van der Waals surface area contributed by atoms with E-state index in [1.54, 1.807) is 24.3 Å². The highest BCUT2D eigenvalue weighted by Crippen LogP contribution is 2.57.